The van der Waals surface area contributed by atoms with E-state index in [-0.39, 0.29) is 24.6 Å². The van der Waals surface area contributed by atoms with Crippen LogP contribution in [0.5, 0.6) is 0 Å². The summed E-state index contributed by atoms with van der Waals surface area (Å²) in [6.07, 6.45) is 0.384. The van der Waals surface area contributed by atoms with E-state index in [1.54, 1.807) is 18.2 Å². The Morgan fingerprint density at radius 2 is 1.54 bits per heavy atom. The second-order valence-electron chi connectivity index (χ2n) is 9.18. The number of carboxylic acid groups (broad SMARTS) is 1. The lowest BCUT2D eigenvalue weighted by molar-refractivity contribution is -0.136. The number of aromatic nitrogens is 2. The molecule has 0 spiro atoms. The number of amides is 1. The zero-order chi connectivity index (χ0) is 27.4. The Hall–Kier alpha value is -4.85. The van der Waals surface area contributed by atoms with Crippen LogP contribution in [-0.2, 0) is 11.2 Å². The minimum absolute atomic E-state index is 0.0123. The van der Waals surface area contributed by atoms with Crippen molar-refractivity contribution in [2.24, 2.45) is 0 Å². The van der Waals surface area contributed by atoms with Crippen molar-refractivity contribution in [3.63, 3.8) is 0 Å². The molecule has 8 heteroatoms. The summed E-state index contributed by atoms with van der Waals surface area (Å²) in [7, 11) is 0. The van der Waals surface area contributed by atoms with Gasteiger partial charge in [0.25, 0.3) is 5.91 Å². The van der Waals surface area contributed by atoms with Gasteiger partial charge < -0.3 is 15.0 Å². The Morgan fingerprint density at radius 1 is 0.872 bits per heavy atom. The second kappa shape index (κ2) is 11.3. The molecule has 39 heavy (non-hydrogen) atoms. The van der Waals surface area contributed by atoms with Crippen molar-refractivity contribution in [2.45, 2.75) is 18.9 Å². The van der Waals surface area contributed by atoms with Crippen LogP contribution in [0, 0.1) is 11.6 Å². The summed E-state index contributed by atoms with van der Waals surface area (Å²) < 4.78 is 30.6. The van der Waals surface area contributed by atoms with Gasteiger partial charge >= 0.3 is 5.97 Å². The van der Waals surface area contributed by atoms with Crippen LogP contribution in [0.2, 0.25) is 0 Å². The summed E-state index contributed by atoms with van der Waals surface area (Å²) in [5.41, 5.74) is 3.77. The first-order valence-corrected chi connectivity index (χ1v) is 12.5. The minimum atomic E-state index is -1.01. The van der Waals surface area contributed by atoms with E-state index in [0.29, 0.717) is 28.8 Å². The number of carbonyl (C=O) groups is 2. The third-order valence-corrected chi connectivity index (χ3v) is 6.46. The lowest BCUT2D eigenvalue weighted by atomic mass is 9.97. The topological polar surface area (TPSA) is 84.2 Å². The van der Waals surface area contributed by atoms with Gasteiger partial charge in [0.05, 0.1) is 23.5 Å². The maximum absolute atomic E-state index is 14.3. The molecule has 5 aromatic rings. The molecule has 0 saturated heterocycles. The summed E-state index contributed by atoms with van der Waals surface area (Å²) >= 11 is 0. The molecule has 196 valence electrons. The molecule has 1 heterocycles. The van der Waals surface area contributed by atoms with Gasteiger partial charge in [-0.05, 0) is 47.9 Å². The summed E-state index contributed by atoms with van der Waals surface area (Å²) in [6, 6.07) is 27.7. The number of fused-ring (bicyclic) bond motifs is 1. The highest BCUT2D eigenvalue weighted by Crippen LogP contribution is 2.34. The lowest BCUT2D eigenvalue weighted by Gasteiger charge is -2.23. The zero-order valence-electron chi connectivity index (χ0n) is 20.9. The van der Waals surface area contributed by atoms with Gasteiger partial charge in [0.2, 0.25) is 0 Å². The highest BCUT2D eigenvalue weighted by molar-refractivity contribution is 5.98. The maximum atomic E-state index is 14.3. The Bertz CT molecular complexity index is 1620. The number of hydrogen-bond acceptors (Lipinski definition) is 3. The molecule has 0 radical (unpaired) electrons. The van der Waals surface area contributed by atoms with Crippen LogP contribution in [0.25, 0.3) is 22.4 Å². The van der Waals surface area contributed by atoms with Crippen LogP contribution in [0.4, 0.5) is 8.78 Å². The zero-order valence-corrected chi connectivity index (χ0v) is 20.9. The SMILES string of the molecule is O=C(O)CCNC(=O)c1ccc2c(c1)nc(-c1cc(F)cc(F)c1)n2C(Cc1ccccc1)c1ccccc1. The Balaban J connectivity index is 1.68. The number of carbonyl (C=O) groups excluding carboxylic acids is 1. The number of aliphatic carboxylic acids is 1. The molecule has 0 saturated carbocycles. The molecular formula is C31H25F2N3O3. The number of carboxylic acids is 1. The van der Waals surface area contributed by atoms with Crippen molar-refractivity contribution in [1.29, 1.82) is 0 Å². The van der Waals surface area contributed by atoms with Crippen LogP contribution in [-0.4, -0.2) is 33.1 Å². The largest absolute Gasteiger partial charge is 0.481 e. The van der Waals surface area contributed by atoms with Crippen molar-refractivity contribution in [2.75, 3.05) is 6.54 Å². The van der Waals surface area contributed by atoms with Crippen LogP contribution in [0.1, 0.15) is 33.9 Å². The third-order valence-electron chi connectivity index (χ3n) is 6.46. The fourth-order valence-electron chi connectivity index (χ4n) is 4.70. The molecule has 5 rings (SSSR count). The Morgan fingerprint density at radius 3 is 2.21 bits per heavy atom. The quantitative estimate of drug-likeness (QED) is 0.247. The summed E-state index contributed by atoms with van der Waals surface area (Å²) in [5.74, 6) is -2.53. The smallest absolute Gasteiger partial charge is 0.305 e. The monoisotopic (exact) mass is 525 g/mol. The number of halogens is 2. The average Bonchev–Trinajstić information content (AvgIpc) is 3.30. The number of rotatable bonds is 9. The van der Waals surface area contributed by atoms with Crippen LogP contribution in [0.15, 0.2) is 97.1 Å². The number of nitrogens with one attached hydrogen (secondary N) is 1. The summed E-state index contributed by atoms with van der Waals surface area (Å²) in [5, 5.41) is 11.4. The molecular weight excluding hydrogens is 500 g/mol. The van der Waals surface area contributed by atoms with E-state index in [1.807, 2.05) is 65.2 Å². The maximum Gasteiger partial charge on any atom is 0.305 e. The molecule has 0 fully saturated rings. The first-order chi connectivity index (χ1) is 18.9. The van der Waals surface area contributed by atoms with E-state index in [0.717, 1.165) is 17.2 Å². The molecule has 0 aliphatic heterocycles. The van der Waals surface area contributed by atoms with Gasteiger partial charge in [-0.2, -0.15) is 0 Å². The average molecular weight is 526 g/mol. The van der Waals surface area contributed by atoms with Gasteiger partial charge in [-0.1, -0.05) is 60.7 Å². The lowest BCUT2D eigenvalue weighted by Crippen LogP contribution is -2.25. The predicted molar refractivity (Wildman–Crippen MR) is 144 cm³/mol. The van der Waals surface area contributed by atoms with E-state index >= 15 is 0 Å². The molecule has 1 atom stereocenters. The van der Waals surface area contributed by atoms with Crippen LogP contribution in [0.3, 0.4) is 0 Å². The van der Waals surface area contributed by atoms with Crippen LogP contribution < -0.4 is 5.32 Å². The van der Waals surface area contributed by atoms with Gasteiger partial charge in [-0.3, -0.25) is 9.59 Å². The first-order valence-electron chi connectivity index (χ1n) is 12.5. The van der Waals surface area contributed by atoms with E-state index < -0.39 is 23.5 Å². The molecule has 0 aliphatic carbocycles. The highest BCUT2D eigenvalue weighted by atomic mass is 19.1. The fraction of sp³-hybridized carbons (Fsp3) is 0.129. The van der Waals surface area contributed by atoms with E-state index in [2.05, 4.69) is 5.32 Å². The number of imidazole rings is 1. The third kappa shape index (κ3) is 5.85. The van der Waals surface area contributed by atoms with Gasteiger partial charge in [-0.15, -0.1) is 0 Å². The summed E-state index contributed by atoms with van der Waals surface area (Å²) in [4.78, 5) is 28.2. The normalized spacial score (nSPS) is 11.8. The van der Waals surface area contributed by atoms with Crippen molar-refractivity contribution in [3.05, 3.63) is 125 Å². The Kier molecular flexibility index (Phi) is 7.45. The molecule has 1 aromatic heterocycles. The molecule has 4 aromatic carbocycles. The number of nitrogens with zero attached hydrogens (tertiary/aromatic N) is 2. The van der Waals surface area contributed by atoms with E-state index in [9.17, 15) is 18.4 Å². The van der Waals surface area contributed by atoms with Gasteiger partial charge in [0, 0.05) is 23.7 Å². The van der Waals surface area contributed by atoms with Crippen molar-refractivity contribution >= 4 is 22.9 Å². The molecule has 1 unspecified atom stereocenters. The predicted octanol–water partition coefficient (Wildman–Crippen LogP) is 6.02. The standard InChI is InChI=1S/C31H25F2N3O3/c32-24-16-23(17-25(33)19-24)30-35-26-18-22(31(39)34-14-13-29(37)38)11-12-27(26)36(30)28(21-9-5-2-6-10-21)15-20-7-3-1-4-8-20/h1-12,16-19,28H,13-15H2,(H,34,39)(H,37,38). The van der Waals surface area contributed by atoms with Crippen molar-refractivity contribution in [1.82, 2.24) is 14.9 Å². The van der Waals surface area contributed by atoms with Gasteiger partial charge in [-0.25, -0.2) is 13.8 Å². The molecule has 2 N–H and O–H groups in total. The summed E-state index contributed by atoms with van der Waals surface area (Å²) in [6.45, 7) is -0.0123. The minimum Gasteiger partial charge on any atom is -0.481 e. The van der Waals surface area contributed by atoms with E-state index in [4.69, 9.17) is 10.1 Å². The number of hydrogen-bond donors (Lipinski definition) is 2. The van der Waals surface area contributed by atoms with Crippen LogP contribution >= 0.6 is 0 Å². The van der Waals surface area contributed by atoms with Crippen molar-refractivity contribution < 1.29 is 23.5 Å². The highest BCUT2D eigenvalue weighted by Gasteiger charge is 2.24. The second-order valence-corrected chi connectivity index (χ2v) is 9.18. The molecule has 1 amide bonds. The Labute approximate surface area is 223 Å². The molecule has 6 nitrogen and oxygen atoms in total. The van der Waals surface area contributed by atoms with Crippen molar-refractivity contribution in [3.8, 4) is 11.4 Å². The molecule has 0 bridgehead atoms. The fourth-order valence-corrected chi connectivity index (χ4v) is 4.70. The number of benzene rings is 4. The van der Waals surface area contributed by atoms with E-state index in [1.165, 1.54) is 12.1 Å². The first kappa shape index (κ1) is 25.8. The van der Waals surface area contributed by atoms with Gasteiger partial charge in [0.1, 0.15) is 17.5 Å². The van der Waals surface area contributed by atoms with Gasteiger partial charge in [0.15, 0.2) is 0 Å². The molecule has 0 aliphatic rings.